The van der Waals surface area contributed by atoms with Crippen LogP contribution in [0.25, 0.3) is 0 Å². The molecule has 0 saturated carbocycles. The van der Waals surface area contributed by atoms with Gasteiger partial charge in [0.1, 0.15) is 0 Å². The molecule has 15 heavy (non-hydrogen) atoms. The van der Waals surface area contributed by atoms with E-state index in [1.54, 1.807) is 0 Å². The topological polar surface area (TPSA) is 26.3 Å². The van der Waals surface area contributed by atoms with Gasteiger partial charge in [-0.1, -0.05) is 39.0 Å². The second kappa shape index (κ2) is 6.31. The minimum Gasteiger partial charge on any atom is -0.519 e. The third kappa shape index (κ3) is 4.82. The van der Waals surface area contributed by atoms with Crippen molar-refractivity contribution in [3.05, 3.63) is 0 Å². The van der Waals surface area contributed by atoms with Gasteiger partial charge in [-0.25, -0.2) is 0 Å². The van der Waals surface area contributed by atoms with Crippen LogP contribution in [-0.2, 0) is 9.22 Å². The smallest absolute Gasteiger partial charge is 0.292 e. The molecule has 1 saturated heterocycles. The molecule has 0 radical (unpaired) electrons. The van der Waals surface area contributed by atoms with Gasteiger partial charge in [-0.15, -0.1) is 0 Å². The van der Waals surface area contributed by atoms with Gasteiger partial charge in [0.2, 0.25) is 0 Å². The van der Waals surface area contributed by atoms with Crippen LogP contribution >= 0.6 is 0 Å². The maximum absolute atomic E-state index is 11.6. The van der Waals surface area contributed by atoms with Gasteiger partial charge in [-0.3, -0.25) is 4.79 Å². The zero-order valence-corrected chi connectivity index (χ0v) is 11.2. The molecular weight excluding hydrogens is 204 g/mol. The van der Waals surface area contributed by atoms with E-state index in [0.29, 0.717) is 6.42 Å². The fraction of sp³-hybridized carbons (Fsp3) is 0.917. The van der Waals surface area contributed by atoms with Crippen LogP contribution in [-0.4, -0.2) is 14.3 Å². The van der Waals surface area contributed by atoms with Gasteiger partial charge < -0.3 is 4.43 Å². The summed E-state index contributed by atoms with van der Waals surface area (Å²) >= 11 is 0. The van der Waals surface area contributed by atoms with E-state index in [0.717, 1.165) is 6.42 Å². The highest BCUT2D eigenvalue weighted by atomic mass is 28.4. The molecule has 0 aromatic heterocycles. The molecule has 1 aliphatic rings. The third-order valence-electron chi connectivity index (χ3n) is 3.26. The highest BCUT2D eigenvalue weighted by Crippen LogP contribution is 2.31. The van der Waals surface area contributed by atoms with Crippen molar-refractivity contribution < 1.29 is 9.22 Å². The van der Waals surface area contributed by atoms with E-state index < -0.39 is 8.32 Å². The first-order valence-electron chi connectivity index (χ1n) is 6.38. The number of rotatable bonds is 6. The molecular formula is C12H24O2Si. The van der Waals surface area contributed by atoms with Crippen LogP contribution in [0, 0.1) is 0 Å². The van der Waals surface area contributed by atoms with Crippen LogP contribution < -0.4 is 0 Å². The number of unbranched alkanes of at least 4 members (excludes halogenated alkanes) is 3. The van der Waals surface area contributed by atoms with Crippen molar-refractivity contribution in [3.63, 3.8) is 0 Å². The molecule has 0 spiro atoms. The predicted octanol–water partition coefficient (Wildman–Crippen LogP) is 3.87. The van der Waals surface area contributed by atoms with Gasteiger partial charge in [0.15, 0.2) is 0 Å². The summed E-state index contributed by atoms with van der Waals surface area (Å²) in [7, 11) is -1.57. The second-order valence-electron chi connectivity index (χ2n) is 4.94. The Balaban J connectivity index is 2.12. The lowest BCUT2D eigenvalue weighted by Crippen LogP contribution is -2.33. The van der Waals surface area contributed by atoms with Crippen LogP contribution in [0.2, 0.25) is 18.6 Å². The second-order valence-corrected chi connectivity index (χ2v) is 9.05. The van der Waals surface area contributed by atoms with E-state index >= 15 is 0 Å². The van der Waals surface area contributed by atoms with Crippen LogP contribution in [0.5, 0.6) is 0 Å². The monoisotopic (exact) mass is 228 g/mol. The zero-order valence-electron chi connectivity index (χ0n) is 10.2. The average molecular weight is 228 g/mol. The normalized spacial score (nSPS) is 19.1. The minimum absolute atomic E-state index is 0.0715. The molecule has 0 amide bonds. The van der Waals surface area contributed by atoms with E-state index in [1.165, 1.54) is 44.2 Å². The summed E-state index contributed by atoms with van der Waals surface area (Å²) in [5.41, 5.74) is 0. The van der Waals surface area contributed by atoms with E-state index in [4.69, 9.17) is 4.43 Å². The van der Waals surface area contributed by atoms with Crippen molar-refractivity contribution in [2.45, 2.75) is 70.5 Å². The summed E-state index contributed by atoms with van der Waals surface area (Å²) in [5.74, 6) is 0.0715. The van der Waals surface area contributed by atoms with E-state index in [9.17, 15) is 4.79 Å². The molecule has 0 bridgehead atoms. The van der Waals surface area contributed by atoms with Crippen LogP contribution in [0.4, 0.5) is 0 Å². The number of carbonyl (C=O) groups excluding carboxylic acids is 1. The van der Waals surface area contributed by atoms with Crippen molar-refractivity contribution in [2.75, 3.05) is 0 Å². The lowest BCUT2D eigenvalue weighted by Gasteiger charge is -2.21. The Kier molecular flexibility index (Phi) is 5.36. The Morgan fingerprint density at radius 3 is 2.47 bits per heavy atom. The summed E-state index contributed by atoms with van der Waals surface area (Å²) in [6.45, 7) is 4.40. The van der Waals surface area contributed by atoms with Gasteiger partial charge in [0.25, 0.3) is 14.3 Å². The fourth-order valence-electron chi connectivity index (χ4n) is 2.25. The fourth-order valence-corrected chi connectivity index (χ4v) is 5.35. The van der Waals surface area contributed by atoms with E-state index in [-0.39, 0.29) is 5.97 Å². The molecule has 0 N–H and O–H groups in total. The maximum Gasteiger partial charge on any atom is 0.292 e. The molecule has 3 heteroatoms. The van der Waals surface area contributed by atoms with E-state index in [2.05, 4.69) is 13.5 Å². The maximum atomic E-state index is 11.6. The molecule has 0 aliphatic carbocycles. The number of hydrogen-bond donors (Lipinski definition) is 0. The predicted molar refractivity (Wildman–Crippen MR) is 65.3 cm³/mol. The van der Waals surface area contributed by atoms with Crippen molar-refractivity contribution in [3.8, 4) is 0 Å². The summed E-state index contributed by atoms with van der Waals surface area (Å²) in [6.07, 6.45) is 7.82. The largest absolute Gasteiger partial charge is 0.519 e. The number of hydrogen-bond acceptors (Lipinski definition) is 2. The van der Waals surface area contributed by atoms with Gasteiger partial charge >= 0.3 is 0 Å². The average Bonchev–Trinajstić information content (AvgIpc) is 2.59. The molecule has 1 rings (SSSR count). The van der Waals surface area contributed by atoms with Crippen LogP contribution in [0.3, 0.4) is 0 Å². The molecule has 1 aliphatic heterocycles. The van der Waals surface area contributed by atoms with Gasteiger partial charge in [-0.2, -0.15) is 0 Å². The Labute approximate surface area is 94.5 Å². The summed E-state index contributed by atoms with van der Waals surface area (Å²) < 4.78 is 5.68. The number of carbonyl (C=O) groups is 1. The molecule has 88 valence electrons. The van der Waals surface area contributed by atoms with Crippen LogP contribution in [0.15, 0.2) is 0 Å². The highest BCUT2D eigenvalue weighted by Gasteiger charge is 2.36. The Morgan fingerprint density at radius 2 is 1.87 bits per heavy atom. The molecule has 0 aromatic carbocycles. The van der Waals surface area contributed by atoms with Gasteiger partial charge in [0.05, 0.1) is 0 Å². The summed E-state index contributed by atoms with van der Waals surface area (Å²) in [6, 6.07) is 2.38. The summed E-state index contributed by atoms with van der Waals surface area (Å²) in [4.78, 5) is 11.6. The van der Waals surface area contributed by atoms with Gasteiger partial charge in [-0.05, 0) is 25.1 Å². The lowest BCUT2D eigenvalue weighted by atomic mass is 10.2. The highest BCUT2D eigenvalue weighted by molar-refractivity contribution is 6.74. The molecule has 1 fully saturated rings. The van der Waals surface area contributed by atoms with Crippen molar-refractivity contribution in [1.82, 2.24) is 0 Å². The third-order valence-corrected chi connectivity index (χ3v) is 6.80. The van der Waals surface area contributed by atoms with Crippen molar-refractivity contribution >= 4 is 14.3 Å². The van der Waals surface area contributed by atoms with Crippen LogP contribution in [0.1, 0.15) is 51.9 Å². The van der Waals surface area contributed by atoms with Crippen molar-refractivity contribution in [1.29, 1.82) is 0 Å². The molecule has 1 heterocycles. The molecule has 2 nitrogen and oxygen atoms in total. The van der Waals surface area contributed by atoms with Crippen molar-refractivity contribution in [2.24, 2.45) is 0 Å². The quantitative estimate of drug-likeness (QED) is 0.509. The first-order valence-corrected chi connectivity index (χ1v) is 9.20. The first-order chi connectivity index (χ1) is 7.16. The SMILES string of the molecule is CCCCCCC(=O)O[Si]1(C)CCCC1. The van der Waals surface area contributed by atoms with Gasteiger partial charge in [0, 0.05) is 6.42 Å². The Morgan fingerprint density at radius 1 is 1.20 bits per heavy atom. The molecule has 0 unspecified atom stereocenters. The first kappa shape index (κ1) is 12.8. The Bertz CT molecular complexity index is 198. The molecule has 0 aromatic rings. The Hall–Kier alpha value is -0.313. The molecule has 0 atom stereocenters. The minimum atomic E-state index is -1.57. The lowest BCUT2D eigenvalue weighted by molar-refractivity contribution is -0.135. The zero-order chi connectivity index (χ0) is 11.1. The van der Waals surface area contributed by atoms with E-state index in [1.807, 2.05) is 0 Å². The summed E-state index contributed by atoms with van der Waals surface area (Å²) in [5, 5.41) is 0. The standard InChI is InChI=1S/C12H24O2Si/c1-3-4-5-6-9-12(13)14-15(2)10-7-8-11-15/h3-11H2,1-2H3.